The molecular weight excluding hydrogens is 437 g/mol. The van der Waals surface area contributed by atoms with E-state index in [2.05, 4.69) is 20.6 Å². The van der Waals surface area contributed by atoms with Crippen molar-refractivity contribution < 1.29 is 19.0 Å². The van der Waals surface area contributed by atoms with Gasteiger partial charge < -0.3 is 20.5 Å². The van der Waals surface area contributed by atoms with Crippen LogP contribution in [0.15, 0.2) is 48.9 Å². The maximum Gasteiger partial charge on any atom is 0.254 e. The van der Waals surface area contributed by atoms with Crippen LogP contribution in [-0.4, -0.2) is 38.6 Å². The quantitative estimate of drug-likeness (QED) is 0.432. The molecule has 5 heterocycles. The van der Waals surface area contributed by atoms with Crippen LogP contribution in [0.2, 0.25) is 0 Å². The molecule has 6 rings (SSSR count). The predicted octanol–water partition coefficient (Wildman–Crippen LogP) is 3.44. The molecule has 0 unspecified atom stereocenters. The van der Waals surface area contributed by atoms with E-state index in [1.165, 1.54) is 0 Å². The monoisotopic (exact) mass is 459 g/mol. The number of benzene rings is 1. The van der Waals surface area contributed by atoms with Gasteiger partial charge in [-0.25, -0.2) is 14.4 Å². The largest absolute Gasteiger partial charge is 0.383 e. The van der Waals surface area contributed by atoms with Gasteiger partial charge in [0.2, 0.25) is 0 Å². The van der Waals surface area contributed by atoms with E-state index in [4.69, 9.17) is 4.74 Å². The van der Waals surface area contributed by atoms with Crippen molar-refractivity contribution in [2.24, 2.45) is 0 Å². The van der Waals surface area contributed by atoms with Crippen molar-refractivity contribution in [2.75, 3.05) is 18.5 Å². The molecule has 0 bridgehead atoms. The summed E-state index contributed by atoms with van der Waals surface area (Å²) in [4.78, 5) is 21.4. The number of nitrogens with zero attached hydrogens (tertiary/aromatic N) is 3. The molecule has 0 radical (unpaired) electrons. The fourth-order valence-electron chi connectivity index (χ4n) is 4.66. The van der Waals surface area contributed by atoms with E-state index < -0.39 is 5.60 Å². The molecular formula is C25H22FN5O3. The van der Waals surface area contributed by atoms with Crippen LogP contribution < -0.4 is 10.6 Å². The third-order valence-corrected chi connectivity index (χ3v) is 6.62. The number of aliphatic hydroxyl groups is 1. The molecule has 1 fully saturated rings. The van der Waals surface area contributed by atoms with E-state index in [0.29, 0.717) is 53.5 Å². The topological polar surface area (TPSA) is 101 Å². The number of hydrogen-bond donors (Lipinski definition) is 3. The van der Waals surface area contributed by atoms with Gasteiger partial charge in [0.1, 0.15) is 11.4 Å². The van der Waals surface area contributed by atoms with Gasteiger partial charge in [0.15, 0.2) is 11.5 Å². The van der Waals surface area contributed by atoms with Crippen molar-refractivity contribution in [3.8, 4) is 11.3 Å². The Morgan fingerprint density at radius 3 is 2.85 bits per heavy atom. The van der Waals surface area contributed by atoms with E-state index in [1.807, 2.05) is 18.2 Å². The predicted molar refractivity (Wildman–Crippen MR) is 123 cm³/mol. The van der Waals surface area contributed by atoms with Crippen LogP contribution in [0.3, 0.4) is 0 Å². The number of rotatable bonds is 4. The lowest BCUT2D eigenvalue weighted by atomic mass is 9.95. The Morgan fingerprint density at radius 2 is 2.09 bits per heavy atom. The number of fused-ring (bicyclic) bond motifs is 2. The summed E-state index contributed by atoms with van der Waals surface area (Å²) in [5, 5.41) is 16.8. The molecule has 2 aliphatic rings. The molecule has 2 aliphatic heterocycles. The summed E-state index contributed by atoms with van der Waals surface area (Å²) in [5.74, 6) is -0.00118. The van der Waals surface area contributed by atoms with E-state index in [1.54, 1.807) is 42.0 Å². The number of nitrogens with one attached hydrogen (secondary N) is 2. The van der Waals surface area contributed by atoms with Gasteiger partial charge in [-0.15, -0.1) is 0 Å². The fourth-order valence-corrected chi connectivity index (χ4v) is 4.66. The average Bonchev–Trinajstić information content (AvgIpc) is 3.57. The number of carbonyl (C=O) groups excluding carboxylic acids is 1. The number of halogens is 1. The maximum atomic E-state index is 14.5. The summed E-state index contributed by atoms with van der Waals surface area (Å²) >= 11 is 0. The number of pyridine rings is 2. The zero-order valence-corrected chi connectivity index (χ0v) is 18.4. The van der Waals surface area contributed by atoms with Crippen molar-refractivity contribution in [3.63, 3.8) is 0 Å². The summed E-state index contributed by atoms with van der Waals surface area (Å²) in [6.07, 6.45) is 5.57. The summed E-state index contributed by atoms with van der Waals surface area (Å²) < 4.78 is 21.6. The lowest BCUT2D eigenvalue weighted by Gasteiger charge is -2.20. The lowest BCUT2D eigenvalue weighted by molar-refractivity contribution is 0.0229. The van der Waals surface area contributed by atoms with E-state index >= 15 is 0 Å². The summed E-state index contributed by atoms with van der Waals surface area (Å²) in [5.41, 5.74) is 3.93. The highest BCUT2D eigenvalue weighted by molar-refractivity contribution is 6.06. The van der Waals surface area contributed by atoms with Crippen molar-refractivity contribution in [1.82, 2.24) is 19.7 Å². The lowest BCUT2D eigenvalue weighted by Crippen LogP contribution is -2.25. The summed E-state index contributed by atoms with van der Waals surface area (Å²) in [6, 6.07) is 9.01. The zero-order chi connectivity index (χ0) is 23.4. The average molecular weight is 459 g/mol. The van der Waals surface area contributed by atoms with Gasteiger partial charge in [-0.2, -0.15) is 0 Å². The molecule has 3 aromatic heterocycles. The van der Waals surface area contributed by atoms with Crippen molar-refractivity contribution in [3.05, 3.63) is 77.0 Å². The van der Waals surface area contributed by atoms with Gasteiger partial charge >= 0.3 is 0 Å². The third kappa shape index (κ3) is 3.16. The third-order valence-electron chi connectivity index (χ3n) is 6.62. The van der Waals surface area contributed by atoms with Gasteiger partial charge in [0, 0.05) is 43.1 Å². The molecule has 0 spiro atoms. The van der Waals surface area contributed by atoms with Crippen LogP contribution in [-0.2, 0) is 16.9 Å². The maximum absolute atomic E-state index is 14.5. The SMILES string of the molecule is Cc1ccn2c(-c3ccc(Nc4ccc([C@]5(O)CCOC5)cn4)c4c3CNC4=O)cnc2c1F. The van der Waals surface area contributed by atoms with Gasteiger partial charge in [0.05, 0.1) is 29.7 Å². The second-order valence-electron chi connectivity index (χ2n) is 8.74. The van der Waals surface area contributed by atoms with E-state index in [9.17, 15) is 14.3 Å². The number of aryl methyl sites for hydroxylation is 1. The number of amides is 1. The van der Waals surface area contributed by atoms with Crippen molar-refractivity contribution in [2.45, 2.75) is 25.5 Å². The Morgan fingerprint density at radius 1 is 1.21 bits per heavy atom. The molecule has 1 aromatic carbocycles. The summed E-state index contributed by atoms with van der Waals surface area (Å²) in [6.45, 7) is 2.83. The molecule has 8 nitrogen and oxygen atoms in total. The molecule has 0 aliphatic carbocycles. The number of hydrogen-bond acceptors (Lipinski definition) is 6. The second kappa shape index (κ2) is 7.61. The molecule has 34 heavy (non-hydrogen) atoms. The Labute approximate surface area is 194 Å². The number of carbonyl (C=O) groups is 1. The van der Waals surface area contributed by atoms with E-state index in [0.717, 1.165) is 11.1 Å². The molecule has 3 N–H and O–H groups in total. The van der Waals surface area contributed by atoms with Gasteiger partial charge in [-0.3, -0.25) is 9.20 Å². The first-order valence-electron chi connectivity index (χ1n) is 11.0. The molecule has 1 atom stereocenters. The first-order chi connectivity index (χ1) is 16.4. The highest BCUT2D eigenvalue weighted by Gasteiger charge is 2.34. The Balaban J connectivity index is 1.37. The molecule has 1 amide bonds. The highest BCUT2D eigenvalue weighted by Crippen LogP contribution is 2.36. The summed E-state index contributed by atoms with van der Waals surface area (Å²) in [7, 11) is 0. The van der Waals surface area contributed by atoms with Crippen LogP contribution >= 0.6 is 0 Å². The molecule has 9 heteroatoms. The standard InChI is InChI=1S/C25H22FN5O3/c1-14-6-8-31-19(12-28-23(31)22(14)26)16-3-4-18(21-17(16)11-29-24(21)32)30-20-5-2-15(10-27-20)25(33)7-9-34-13-25/h2-6,8,10,12,33H,7,9,11,13H2,1H3,(H,27,30)(H,29,32)/t25-/m0/s1. The van der Waals surface area contributed by atoms with Crippen LogP contribution in [0, 0.1) is 12.7 Å². The Hall–Kier alpha value is -3.82. The zero-order valence-electron chi connectivity index (χ0n) is 18.4. The van der Waals surface area contributed by atoms with E-state index in [-0.39, 0.29) is 24.0 Å². The second-order valence-corrected chi connectivity index (χ2v) is 8.74. The first kappa shape index (κ1) is 20.8. The number of anilines is 2. The molecule has 1 saturated heterocycles. The normalized spacial score (nSPS) is 19.4. The Kier molecular flexibility index (Phi) is 4.65. The minimum atomic E-state index is -1.01. The number of ether oxygens (including phenoxy) is 1. The molecule has 172 valence electrons. The van der Waals surface area contributed by atoms with Crippen LogP contribution in [0.4, 0.5) is 15.9 Å². The first-order valence-corrected chi connectivity index (χ1v) is 11.0. The van der Waals surface area contributed by atoms with Gasteiger partial charge in [-0.05, 0) is 36.2 Å². The molecule has 4 aromatic rings. The minimum absolute atomic E-state index is 0.191. The van der Waals surface area contributed by atoms with Crippen molar-refractivity contribution >= 4 is 23.1 Å². The van der Waals surface area contributed by atoms with Crippen LogP contribution in [0.5, 0.6) is 0 Å². The van der Waals surface area contributed by atoms with Gasteiger partial charge in [0.25, 0.3) is 5.91 Å². The fraction of sp³-hybridized carbons (Fsp3) is 0.240. The van der Waals surface area contributed by atoms with Gasteiger partial charge in [-0.1, -0.05) is 12.1 Å². The van der Waals surface area contributed by atoms with Crippen molar-refractivity contribution in [1.29, 1.82) is 0 Å². The smallest absolute Gasteiger partial charge is 0.254 e. The molecule has 0 saturated carbocycles. The van der Waals surface area contributed by atoms with Crippen LogP contribution in [0.1, 0.15) is 33.5 Å². The number of imidazole rings is 1. The van der Waals surface area contributed by atoms with Crippen LogP contribution in [0.25, 0.3) is 16.9 Å². The Bertz CT molecular complexity index is 1440. The number of aromatic nitrogens is 3. The minimum Gasteiger partial charge on any atom is -0.383 e. The highest BCUT2D eigenvalue weighted by atomic mass is 19.1.